The fourth-order valence-corrected chi connectivity index (χ4v) is 4.15. The smallest absolute Gasteiger partial charge is 0.127 e. The van der Waals surface area contributed by atoms with E-state index in [4.69, 9.17) is 4.18 Å². The van der Waals surface area contributed by atoms with E-state index in [0.717, 1.165) is 21.2 Å². The zero-order valence-electron chi connectivity index (χ0n) is 16.4. The van der Waals surface area contributed by atoms with Gasteiger partial charge in [-0.15, -0.1) is 0 Å². The van der Waals surface area contributed by atoms with Gasteiger partial charge in [-0.25, -0.2) is 4.39 Å². The first-order valence-electron chi connectivity index (χ1n) is 9.47. The fourth-order valence-electron chi connectivity index (χ4n) is 3.14. The van der Waals surface area contributed by atoms with Crippen molar-refractivity contribution in [2.75, 3.05) is 0 Å². The molecule has 0 spiro atoms. The lowest BCUT2D eigenvalue weighted by Gasteiger charge is -2.36. The van der Waals surface area contributed by atoms with E-state index in [2.05, 4.69) is 12.1 Å². The molecule has 1 saturated carbocycles. The van der Waals surface area contributed by atoms with Crippen molar-refractivity contribution in [3.8, 4) is 0 Å². The third-order valence-corrected chi connectivity index (χ3v) is 6.90. The molecule has 0 heterocycles. The summed E-state index contributed by atoms with van der Waals surface area (Å²) in [4.78, 5) is 0.943. The van der Waals surface area contributed by atoms with Gasteiger partial charge in [0.05, 0.1) is 5.60 Å². The van der Waals surface area contributed by atoms with Crippen molar-refractivity contribution >= 4 is 22.8 Å². The van der Waals surface area contributed by atoms with Crippen LogP contribution in [-0.2, 0) is 10.6 Å². The Morgan fingerprint density at radius 2 is 1.88 bits per heavy atom. The van der Waals surface area contributed by atoms with E-state index in [0.29, 0.717) is 12.3 Å². The van der Waals surface area contributed by atoms with Crippen LogP contribution in [0.2, 0.25) is 0 Å². The van der Waals surface area contributed by atoms with Crippen molar-refractivity contribution in [2.24, 2.45) is 0 Å². The van der Waals surface area contributed by atoms with Crippen molar-refractivity contribution in [1.82, 2.24) is 0 Å². The second kappa shape index (κ2) is 7.14. The van der Waals surface area contributed by atoms with E-state index >= 15 is 0 Å². The summed E-state index contributed by atoms with van der Waals surface area (Å²) in [5, 5.41) is 12.4. The number of hydrogen-bond donors (Lipinski definition) is 1. The maximum atomic E-state index is 14.4. The molecule has 2 aromatic carbocycles. The van der Waals surface area contributed by atoms with E-state index < -0.39 is 11.2 Å². The maximum Gasteiger partial charge on any atom is 0.127 e. The van der Waals surface area contributed by atoms with Crippen molar-refractivity contribution < 1.29 is 13.7 Å². The van der Waals surface area contributed by atoms with E-state index in [1.165, 1.54) is 36.9 Å². The Morgan fingerprint density at radius 1 is 1.19 bits per heavy atom. The van der Waals surface area contributed by atoms with E-state index in [1.54, 1.807) is 19.9 Å². The number of hydrogen-bond acceptors (Lipinski definition) is 3. The van der Waals surface area contributed by atoms with E-state index in [-0.39, 0.29) is 5.82 Å². The topological polar surface area (TPSA) is 29.5 Å². The number of aryl methyl sites for hydroxylation is 1. The molecule has 142 valence electrons. The first kappa shape index (κ1) is 19.7. The Hall–Kier alpha value is -1.10. The average Bonchev–Trinajstić information content (AvgIpc) is 2.50. The SMILES string of the molecule is CCc1c(F)ccc2cc(C3CCC3)cc(SOC(C)(C)C(C)(C)O)c12. The first-order valence-corrected chi connectivity index (χ1v) is 10.2. The molecule has 26 heavy (non-hydrogen) atoms. The van der Waals surface area contributed by atoms with Crippen LogP contribution >= 0.6 is 12.0 Å². The van der Waals surface area contributed by atoms with Gasteiger partial charge in [-0.05, 0) is 81.5 Å². The van der Waals surface area contributed by atoms with Crippen LogP contribution in [0.25, 0.3) is 10.8 Å². The highest BCUT2D eigenvalue weighted by molar-refractivity contribution is 7.95. The van der Waals surface area contributed by atoms with E-state index in [9.17, 15) is 9.50 Å². The maximum absolute atomic E-state index is 14.4. The van der Waals surface area contributed by atoms with Crippen molar-refractivity contribution in [2.45, 2.75) is 82.3 Å². The number of benzene rings is 2. The molecule has 0 bridgehead atoms. The molecule has 2 nitrogen and oxygen atoms in total. The fraction of sp³-hybridized carbons (Fsp3) is 0.545. The molecule has 0 aliphatic heterocycles. The minimum Gasteiger partial charge on any atom is -0.387 e. The minimum absolute atomic E-state index is 0.167. The molecule has 2 aromatic rings. The lowest BCUT2D eigenvalue weighted by atomic mass is 9.79. The minimum atomic E-state index is -0.986. The van der Waals surface area contributed by atoms with Crippen LogP contribution in [0.5, 0.6) is 0 Å². The number of rotatable bonds is 6. The molecule has 4 heteroatoms. The zero-order valence-corrected chi connectivity index (χ0v) is 17.2. The molecule has 0 aromatic heterocycles. The summed E-state index contributed by atoms with van der Waals surface area (Å²) < 4.78 is 20.5. The standard InChI is InChI=1S/C22H29FO2S/c1-6-17-18(23)11-10-15-12-16(14-8-7-9-14)13-19(20(15)17)26-25-22(4,5)21(2,3)24/h10-14,24H,6-9H2,1-5H3. The summed E-state index contributed by atoms with van der Waals surface area (Å²) in [5.74, 6) is 0.427. The molecule has 0 unspecified atom stereocenters. The number of fused-ring (bicyclic) bond motifs is 1. The van der Waals surface area contributed by atoms with Crippen molar-refractivity contribution in [3.63, 3.8) is 0 Å². The number of halogens is 1. The Labute approximate surface area is 160 Å². The molecule has 0 radical (unpaired) electrons. The lowest BCUT2D eigenvalue weighted by molar-refractivity contribution is -0.0813. The second-order valence-corrected chi connectivity index (χ2v) is 9.13. The Bertz CT molecular complexity index is 804. The largest absolute Gasteiger partial charge is 0.387 e. The van der Waals surface area contributed by atoms with Gasteiger partial charge in [-0.2, -0.15) is 0 Å². The highest BCUT2D eigenvalue weighted by Gasteiger charge is 2.37. The van der Waals surface area contributed by atoms with Crippen LogP contribution in [0.4, 0.5) is 4.39 Å². The monoisotopic (exact) mass is 376 g/mol. The molecule has 1 fully saturated rings. The average molecular weight is 377 g/mol. The quantitative estimate of drug-likeness (QED) is 0.593. The Balaban J connectivity index is 2.07. The van der Waals surface area contributed by atoms with Crippen molar-refractivity contribution in [1.29, 1.82) is 0 Å². The van der Waals surface area contributed by atoms with Crippen LogP contribution in [0.1, 0.15) is 70.9 Å². The molecule has 0 atom stereocenters. The summed E-state index contributed by atoms with van der Waals surface area (Å²) in [7, 11) is 0. The predicted molar refractivity (Wildman–Crippen MR) is 107 cm³/mol. The second-order valence-electron chi connectivity index (χ2n) is 8.36. The zero-order chi connectivity index (χ0) is 19.1. The molecule has 1 aliphatic rings. The Kier molecular flexibility index (Phi) is 5.40. The third kappa shape index (κ3) is 3.64. The van der Waals surface area contributed by atoms with Gasteiger partial charge in [0.15, 0.2) is 0 Å². The van der Waals surface area contributed by atoms with Crippen LogP contribution in [0.15, 0.2) is 29.2 Å². The normalized spacial score (nSPS) is 16.1. The van der Waals surface area contributed by atoms with Gasteiger partial charge in [0.2, 0.25) is 0 Å². The van der Waals surface area contributed by atoms with Crippen LogP contribution in [0, 0.1) is 5.82 Å². The third-order valence-electron chi connectivity index (χ3n) is 5.90. The molecule has 1 aliphatic carbocycles. The van der Waals surface area contributed by atoms with Crippen molar-refractivity contribution in [3.05, 3.63) is 41.2 Å². The first-order chi connectivity index (χ1) is 12.1. The highest BCUT2D eigenvalue weighted by Crippen LogP contribution is 2.43. The summed E-state index contributed by atoms with van der Waals surface area (Å²) in [6.45, 7) is 9.22. The molecule has 0 saturated heterocycles. The molecule has 3 rings (SSSR count). The Morgan fingerprint density at radius 3 is 2.42 bits per heavy atom. The van der Waals surface area contributed by atoms with Gasteiger partial charge >= 0.3 is 0 Å². The van der Waals surface area contributed by atoms with Gasteiger partial charge < -0.3 is 9.29 Å². The predicted octanol–water partition coefficient (Wildman–Crippen LogP) is 6.38. The van der Waals surface area contributed by atoms with Gasteiger partial charge in [0.25, 0.3) is 0 Å². The van der Waals surface area contributed by atoms with Gasteiger partial charge in [0.1, 0.15) is 11.4 Å². The molecular formula is C22H29FO2S. The van der Waals surface area contributed by atoms with Gasteiger partial charge in [0, 0.05) is 22.3 Å². The highest BCUT2D eigenvalue weighted by atomic mass is 32.2. The summed E-state index contributed by atoms with van der Waals surface area (Å²) in [5.41, 5.74) is 0.315. The summed E-state index contributed by atoms with van der Waals surface area (Å²) >= 11 is 1.26. The van der Waals surface area contributed by atoms with Crippen LogP contribution in [-0.4, -0.2) is 16.3 Å². The van der Waals surface area contributed by atoms with Gasteiger partial charge in [-0.1, -0.05) is 25.5 Å². The molecular weight excluding hydrogens is 347 g/mol. The van der Waals surface area contributed by atoms with Crippen LogP contribution < -0.4 is 0 Å². The molecule has 1 N–H and O–H groups in total. The van der Waals surface area contributed by atoms with Crippen LogP contribution in [0.3, 0.4) is 0 Å². The summed E-state index contributed by atoms with van der Waals surface area (Å²) in [6, 6.07) is 7.82. The lowest BCUT2D eigenvalue weighted by Crippen LogP contribution is -2.45. The summed E-state index contributed by atoms with van der Waals surface area (Å²) in [6.07, 6.45) is 4.34. The van der Waals surface area contributed by atoms with E-state index in [1.807, 2.05) is 26.8 Å². The number of aliphatic hydroxyl groups is 1. The van der Waals surface area contributed by atoms with Gasteiger partial charge in [-0.3, -0.25) is 0 Å². The molecule has 0 amide bonds.